The summed E-state index contributed by atoms with van der Waals surface area (Å²) < 4.78 is 18.7. The zero-order valence-electron chi connectivity index (χ0n) is 14.3. The molecule has 0 bridgehead atoms. The van der Waals surface area contributed by atoms with Gasteiger partial charge in [-0.05, 0) is 67.6 Å². The number of amides is 1. The van der Waals surface area contributed by atoms with E-state index in [2.05, 4.69) is 5.32 Å². The van der Waals surface area contributed by atoms with Crippen molar-refractivity contribution in [3.63, 3.8) is 0 Å². The van der Waals surface area contributed by atoms with Crippen LogP contribution in [0.1, 0.15) is 29.5 Å². The second-order valence-corrected chi connectivity index (χ2v) is 5.95. The number of carbonyl (C=O) groups excluding carboxylic acids is 2. The van der Waals surface area contributed by atoms with Crippen LogP contribution in [0.4, 0.5) is 10.1 Å². The van der Waals surface area contributed by atoms with Crippen molar-refractivity contribution in [3.8, 4) is 11.3 Å². The Bertz CT molecular complexity index is 911. The lowest BCUT2D eigenvalue weighted by atomic mass is 10.1. The van der Waals surface area contributed by atoms with E-state index in [1.165, 1.54) is 19.1 Å². The molecule has 0 aliphatic heterocycles. The van der Waals surface area contributed by atoms with Gasteiger partial charge in [0.2, 0.25) is 5.91 Å². The maximum absolute atomic E-state index is 13.0. The van der Waals surface area contributed by atoms with Crippen molar-refractivity contribution in [2.45, 2.75) is 19.8 Å². The summed E-state index contributed by atoms with van der Waals surface area (Å²) in [6, 6.07) is 16.4. The number of hydrogen-bond acceptors (Lipinski definition) is 3. The van der Waals surface area contributed by atoms with Crippen LogP contribution in [0.3, 0.4) is 0 Å². The molecule has 1 heterocycles. The Morgan fingerprint density at radius 1 is 0.962 bits per heavy atom. The van der Waals surface area contributed by atoms with Gasteiger partial charge in [-0.25, -0.2) is 4.39 Å². The number of Topliss-reactive ketones (excluding diaryl/α,β-unsaturated/α-hetero) is 1. The minimum absolute atomic E-state index is 0.0161. The molecule has 1 aromatic heterocycles. The summed E-state index contributed by atoms with van der Waals surface area (Å²) in [7, 11) is 0. The molecule has 0 unspecified atom stereocenters. The normalized spacial score (nSPS) is 10.5. The molecular formula is C21H18FNO3. The van der Waals surface area contributed by atoms with Gasteiger partial charge in [0, 0.05) is 29.7 Å². The maximum atomic E-state index is 13.0. The van der Waals surface area contributed by atoms with Gasteiger partial charge in [-0.1, -0.05) is 0 Å². The second kappa shape index (κ2) is 7.78. The Balaban J connectivity index is 1.54. The van der Waals surface area contributed by atoms with Gasteiger partial charge >= 0.3 is 0 Å². The minimum Gasteiger partial charge on any atom is -0.461 e. The van der Waals surface area contributed by atoms with Crippen LogP contribution in [0.2, 0.25) is 0 Å². The first-order valence-electron chi connectivity index (χ1n) is 8.27. The molecule has 1 amide bonds. The fourth-order valence-electron chi connectivity index (χ4n) is 2.53. The third-order valence-electron chi connectivity index (χ3n) is 3.96. The van der Waals surface area contributed by atoms with Gasteiger partial charge in [0.25, 0.3) is 0 Å². The van der Waals surface area contributed by atoms with E-state index < -0.39 is 0 Å². The molecule has 0 radical (unpaired) electrons. The van der Waals surface area contributed by atoms with E-state index in [-0.39, 0.29) is 23.9 Å². The molecule has 0 aliphatic rings. The Hall–Kier alpha value is -3.21. The Labute approximate surface area is 150 Å². The van der Waals surface area contributed by atoms with Crippen molar-refractivity contribution < 1.29 is 18.4 Å². The topological polar surface area (TPSA) is 59.3 Å². The lowest BCUT2D eigenvalue weighted by Gasteiger charge is -2.05. The fraction of sp³-hybridized carbons (Fsp3) is 0.143. The highest BCUT2D eigenvalue weighted by atomic mass is 19.1. The third kappa shape index (κ3) is 4.45. The van der Waals surface area contributed by atoms with Crippen LogP contribution in [0, 0.1) is 5.82 Å². The first kappa shape index (κ1) is 17.6. The highest BCUT2D eigenvalue weighted by molar-refractivity contribution is 5.95. The molecule has 4 nitrogen and oxygen atoms in total. The number of rotatable bonds is 6. The molecule has 5 heteroatoms. The number of furan rings is 1. The molecule has 0 aliphatic carbocycles. The van der Waals surface area contributed by atoms with Gasteiger partial charge in [0.15, 0.2) is 5.78 Å². The van der Waals surface area contributed by atoms with Gasteiger partial charge in [0.05, 0.1) is 0 Å². The molecule has 3 rings (SSSR count). The van der Waals surface area contributed by atoms with E-state index in [4.69, 9.17) is 4.42 Å². The summed E-state index contributed by atoms with van der Waals surface area (Å²) in [5.74, 6) is 0.873. The smallest absolute Gasteiger partial charge is 0.224 e. The van der Waals surface area contributed by atoms with E-state index >= 15 is 0 Å². The Kier molecular flexibility index (Phi) is 5.27. The number of anilines is 1. The summed E-state index contributed by atoms with van der Waals surface area (Å²) >= 11 is 0. The molecule has 2 aromatic carbocycles. The first-order chi connectivity index (χ1) is 12.5. The van der Waals surface area contributed by atoms with Crippen molar-refractivity contribution in [3.05, 3.63) is 77.8 Å². The molecule has 1 N–H and O–H groups in total. The largest absolute Gasteiger partial charge is 0.461 e. The molecule has 0 atom stereocenters. The van der Waals surface area contributed by atoms with Crippen LogP contribution in [-0.4, -0.2) is 11.7 Å². The summed E-state index contributed by atoms with van der Waals surface area (Å²) in [6.45, 7) is 1.50. The van der Waals surface area contributed by atoms with Crippen LogP contribution in [0.25, 0.3) is 11.3 Å². The lowest BCUT2D eigenvalue weighted by molar-refractivity contribution is -0.116. The number of aryl methyl sites for hydroxylation is 1. The molecule has 132 valence electrons. The van der Waals surface area contributed by atoms with E-state index in [0.717, 1.165) is 5.56 Å². The maximum Gasteiger partial charge on any atom is 0.224 e. The number of hydrogen-bond donors (Lipinski definition) is 1. The molecule has 0 saturated heterocycles. The highest BCUT2D eigenvalue weighted by Gasteiger charge is 2.08. The zero-order valence-corrected chi connectivity index (χ0v) is 14.3. The average molecular weight is 351 g/mol. The summed E-state index contributed by atoms with van der Waals surface area (Å²) in [6.07, 6.45) is 0.726. The Morgan fingerprint density at radius 3 is 2.31 bits per heavy atom. The van der Waals surface area contributed by atoms with Crippen molar-refractivity contribution in [2.75, 3.05) is 5.32 Å². The van der Waals surface area contributed by atoms with Gasteiger partial charge in [0.1, 0.15) is 17.3 Å². The summed E-state index contributed by atoms with van der Waals surface area (Å²) in [5.41, 5.74) is 2.03. The zero-order chi connectivity index (χ0) is 18.5. The molecule has 0 spiro atoms. The van der Waals surface area contributed by atoms with E-state index in [9.17, 15) is 14.0 Å². The van der Waals surface area contributed by atoms with Gasteiger partial charge < -0.3 is 9.73 Å². The van der Waals surface area contributed by atoms with E-state index in [1.807, 2.05) is 6.07 Å². The number of nitrogens with one attached hydrogen (secondary N) is 1. The van der Waals surface area contributed by atoms with Crippen molar-refractivity contribution in [1.29, 1.82) is 0 Å². The monoisotopic (exact) mass is 351 g/mol. The van der Waals surface area contributed by atoms with Gasteiger partial charge in [-0.2, -0.15) is 0 Å². The van der Waals surface area contributed by atoms with Crippen LogP contribution >= 0.6 is 0 Å². The van der Waals surface area contributed by atoms with Crippen molar-refractivity contribution in [2.24, 2.45) is 0 Å². The lowest BCUT2D eigenvalue weighted by Crippen LogP contribution is -2.12. The first-order valence-corrected chi connectivity index (χ1v) is 8.27. The van der Waals surface area contributed by atoms with Gasteiger partial charge in [-0.3, -0.25) is 9.59 Å². The third-order valence-corrected chi connectivity index (χ3v) is 3.96. The number of ketones is 1. The number of halogens is 1. The van der Waals surface area contributed by atoms with Crippen LogP contribution in [0.15, 0.2) is 65.1 Å². The SMILES string of the molecule is CC(=O)c1ccc(NC(=O)CCc2ccc(-c3ccc(F)cc3)o2)cc1. The van der Waals surface area contributed by atoms with Crippen LogP contribution in [-0.2, 0) is 11.2 Å². The highest BCUT2D eigenvalue weighted by Crippen LogP contribution is 2.23. The molecule has 26 heavy (non-hydrogen) atoms. The number of benzene rings is 2. The predicted octanol–water partition coefficient (Wildman–Crippen LogP) is 4.86. The van der Waals surface area contributed by atoms with E-state index in [1.54, 1.807) is 42.5 Å². The van der Waals surface area contributed by atoms with Crippen LogP contribution in [0.5, 0.6) is 0 Å². The Morgan fingerprint density at radius 2 is 1.65 bits per heavy atom. The minimum atomic E-state index is -0.298. The van der Waals surface area contributed by atoms with Crippen LogP contribution < -0.4 is 5.32 Å². The van der Waals surface area contributed by atoms with Crippen molar-refractivity contribution >= 4 is 17.4 Å². The average Bonchev–Trinajstić information content (AvgIpc) is 3.10. The predicted molar refractivity (Wildman–Crippen MR) is 97.5 cm³/mol. The van der Waals surface area contributed by atoms with Gasteiger partial charge in [-0.15, -0.1) is 0 Å². The summed E-state index contributed by atoms with van der Waals surface area (Å²) in [5, 5.41) is 2.79. The number of carbonyl (C=O) groups is 2. The molecule has 3 aromatic rings. The van der Waals surface area contributed by atoms with E-state index in [0.29, 0.717) is 29.2 Å². The molecule has 0 fully saturated rings. The standard InChI is InChI=1S/C21H18FNO3/c1-14(24)15-4-8-18(9-5-15)23-21(25)13-11-19-10-12-20(26-19)16-2-6-17(22)7-3-16/h2-10,12H,11,13H2,1H3,(H,23,25). The quantitative estimate of drug-likeness (QED) is 0.645. The molecule has 0 saturated carbocycles. The summed E-state index contributed by atoms with van der Waals surface area (Å²) in [4.78, 5) is 23.3. The fourth-order valence-corrected chi connectivity index (χ4v) is 2.53. The van der Waals surface area contributed by atoms with Crippen molar-refractivity contribution in [1.82, 2.24) is 0 Å². The second-order valence-electron chi connectivity index (χ2n) is 5.95. The molecular weight excluding hydrogens is 333 g/mol.